The van der Waals surface area contributed by atoms with Gasteiger partial charge in [-0.05, 0) is 80.7 Å². The van der Waals surface area contributed by atoms with Gasteiger partial charge in [0.2, 0.25) is 0 Å². The Kier molecular flexibility index (Phi) is 8.04. The third-order valence-corrected chi connectivity index (χ3v) is 7.54. The van der Waals surface area contributed by atoms with Gasteiger partial charge in [-0.15, -0.1) is 0 Å². The summed E-state index contributed by atoms with van der Waals surface area (Å²) in [6.07, 6.45) is 15.0. The van der Waals surface area contributed by atoms with E-state index in [0.29, 0.717) is 6.61 Å². The zero-order valence-electron chi connectivity index (χ0n) is 22.0. The van der Waals surface area contributed by atoms with Crippen LogP contribution in [-0.4, -0.2) is 47.8 Å². The summed E-state index contributed by atoms with van der Waals surface area (Å²) in [5, 5.41) is 14.6. The van der Waals surface area contributed by atoms with Gasteiger partial charge in [0.1, 0.15) is 12.4 Å². The molecule has 0 bridgehead atoms. The van der Waals surface area contributed by atoms with Crippen LogP contribution in [0, 0.1) is 0 Å². The molecule has 5 nitrogen and oxygen atoms in total. The minimum atomic E-state index is -0.721. The number of piperidine rings is 1. The Bertz CT molecular complexity index is 1090. The number of benzene rings is 1. The van der Waals surface area contributed by atoms with Crippen LogP contribution in [-0.2, 0) is 10.3 Å². The maximum absolute atomic E-state index is 11.2. The zero-order chi connectivity index (χ0) is 25.8. The lowest BCUT2D eigenvalue weighted by molar-refractivity contribution is -0.0254. The topological polar surface area (TPSA) is 70.8 Å². The summed E-state index contributed by atoms with van der Waals surface area (Å²) in [5.41, 5.74) is 10.7. The lowest BCUT2D eigenvalue weighted by Crippen LogP contribution is -2.42. The van der Waals surface area contributed by atoms with Crippen molar-refractivity contribution in [2.24, 2.45) is 5.73 Å². The Balaban J connectivity index is 1.53. The Morgan fingerprint density at radius 3 is 2.67 bits per heavy atom. The molecule has 5 heteroatoms. The van der Waals surface area contributed by atoms with Crippen LogP contribution in [0.15, 0.2) is 102 Å². The predicted molar refractivity (Wildman–Crippen MR) is 148 cm³/mol. The standard InChI is InChI=1S/C31H41N3O2/c1-5-24(30(3,4)32)21-28-23(2)36-22-29-27(13-9-17-33-29)26(28)14-10-18-34-19-15-31(35,16-20-34)25-11-7-6-8-12-25/h5-9,11-14,17,21,29,33,35H,1,10,15-16,18-20,22,32H2,2-4H3/b24-21+,26-14+. The highest BCUT2D eigenvalue weighted by Gasteiger charge is 2.33. The number of fused-ring (bicyclic) bond motifs is 1. The van der Waals surface area contributed by atoms with Gasteiger partial charge >= 0.3 is 0 Å². The minimum Gasteiger partial charge on any atom is -0.495 e. The van der Waals surface area contributed by atoms with E-state index in [0.717, 1.165) is 61.4 Å². The summed E-state index contributed by atoms with van der Waals surface area (Å²) >= 11 is 0. The van der Waals surface area contributed by atoms with Gasteiger partial charge in [-0.25, -0.2) is 0 Å². The molecule has 0 aliphatic carbocycles. The van der Waals surface area contributed by atoms with Crippen molar-refractivity contribution < 1.29 is 9.84 Å². The highest BCUT2D eigenvalue weighted by atomic mass is 16.5. The molecule has 0 amide bonds. The number of nitrogens with two attached hydrogens (primary N) is 1. The first kappa shape index (κ1) is 26.2. The van der Waals surface area contributed by atoms with Gasteiger partial charge in [0, 0.05) is 30.7 Å². The van der Waals surface area contributed by atoms with E-state index in [-0.39, 0.29) is 6.04 Å². The number of allylic oxidation sites excluding steroid dienone is 5. The summed E-state index contributed by atoms with van der Waals surface area (Å²) in [6, 6.07) is 10.2. The fourth-order valence-electron chi connectivity index (χ4n) is 5.22. The van der Waals surface area contributed by atoms with E-state index in [1.165, 1.54) is 11.1 Å². The smallest absolute Gasteiger partial charge is 0.112 e. The molecule has 0 radical (unpaired) electrons. The van der Waals surface area contributed by atoms with Gasteiger partial charge in [0.05, 0.1) is 11.6 Å². The third-order valence-electron chi connectivity index (χ3n) is 7.54. The molecular formula is C31H41N3O2. The summed E-state index contributed by atoms with van der Waals surface area (Å²) in [7, 11) is 0. The number of dihydropyridines is 1. The van der Waals surface area contributed by atoms with E-state index < -0.39 is 11.1 Å². The molecule has 0 spiro atoms. The lowest BCUT2D eigenvalue weighted by atomic mass is 9.84. The maximum Gasteiger partial charge on any atom is 0.112 e. The lowest BCUT2D eigenvalue weighted by Gasteiger charge is -2.38. The largest absolute Gasteiger partial charge is 0.495 e. The molecule has 1 fully saturated rings. The number of hydrogen-bond acceptors (Lipinski definition) is 5. The summed E-state index contributed by atoms with van der Waals surface area (Å²) in [4.78, 5) is 2.46. The third kappa shape index (κ3) is 5.92. The minimum absolute atomic E-state index is 0.107. The Hall–Kier alpha value is -2.86. The van der Waals surface area contributed by atoms with Crippen LogP contribution in [0.2, 0.25) is 0 Å². The second kappa shape index (κ2) is 11.0. The Labute approximate surface area is 216 Å². The van der Waals surface area contributed by atoms with Crippen molar-refractivity contribution in [3.63, 3.8) is 0 Å². The van der Waals surface area contributed by atoms with E-state index in [4.69, 9.17) is 10.5 Å². The first-order valence-electron chi connectivity index (χ1n) is 13.0. The van der Waals surface area contributed by atoms with Crippen molar-refractivity contribution in [1.29, 1.82) is 0 Å². The van der Waals surface area contributed by atoms with Gasteiger partial charge in [-0.3, -0.25) is 0 Å². The van der Waals surface area contributed by atoms with Crippen LogP contribution < -0.4 is 11.1 Å². The Morgan fingerprint density at radius 1 is 1.28 bits per heavy atom. The second-order valence-corrected chi connectivity index (χ2v) is 10.7. The predicted octanol–water partition coefficient (Wildman–Crippen LogP) is 4.85. The molecule has 0 aromatic heterocycles. The number of nitrogens with one attached hydrogen (secondary N) is 1. The first-order valence-corrected chi connectivity index (χ1v) is 13.0. The van der Waals surface area contributed by atoms with Crippen LogP contribution in [0.5, 0.6) is 0 Å². The molecule has 1 atom stereocenters. The van der Waals surface area contributed by atoms with Gasteiger partial charge in [-0.2, -0.15) is 0 Å². The average Bonchev–Trinajstić information content (AvgIpc) is 3.00. The van der Waals surface area contributed by atoms with Crippen molar-refractivity contribution in [1.82, 2.24) is 10.2 Å². The van der Waals surface area contributed by atoms with Gasteiger partial charge in [0.15, 0.2) is 0 Å². The van der Waals surface area contributed by atoms with Crippen LogP contribution in [0.4, 0.5) is 0 Å². The zero-order valence-corrected chi connectivity index (χ0v) is 22.0. The number of aliphatic hydroxyl groups is 1. The van der Waals surface area contributed by atoms with Crippen molar-refractivity contribution in [2.45, 2.75) is 57.2 Å². The fourth-order valence-corrected chi connectivity index (χ4v) is 5.22. The second-order valence-electron chi connectivity index (χ2n) is 10.7. The van der Waals surface area contributed by atoms with E-state index in [1.54, 1.807) is 0 Å². The van der Waals surface area contributed by atoms with Crippen LogP contribution in [0.3, 0.4) is 0 Å². The molecule has 1 aromatic carbocycles. The number of rotatable bonds is 7. The van der Waals surface area contributed by atoms with Crippen LogP contribution in [0.25, 0.3) is 0 Å². The number of ether oxygens (including phenoxy) is 1. The molecule has 4 rings (SSSR count). The van der Waals surface area contributed by atoms with Gasteiger partial charge < -0.3 is 25.8 Å². The van der Waals surface area contributed by atoms with Crippen LogP contribution >= 0.6 is 0 Å². The quantitative estimate of drug-likeness (QED) is 0.480. The molecule has 3 aliphatic heterocycles. The van der Waals surface area contributed by atoms with Gasteiger partial charge in [-0.1, -0.05) is 55.1 Å². The molecule has 192 valence electrons. The molecule has 4 N–H and O–H groups in total. The number of likely N-dealkylation sites (tertiary alicyclic amines) is 1. The molecule has 0 saturated carbocycles. The SMILES string of the molecule is C=C/C(=C\C1=C(C)OCC2NC=CC=C2/C1=C\CCN1CCC(O)(c2ccccc2)CC1)C(C)(C)N. The average molecular weight is 488 g/mol. The van der Waals surface area contributed by atoms with Gasteiger partial charge in [0.25, 0.3) is 0 Å². The summed E-state index contributed by atoms with van der Waals surface area (Å²) in [6.45, 7) is 13.3. The van der Waals surface area contributed by atoms with Crippen molar-refractivity contribution in [3.8, 4) is 0 Å². The molecule has 1 unspecified atom stereocenters. The first-order chi connectivity index (χ1) is 17.2. The number of nitrogens with zero attached hydrogens (tertiary/aromatic N) is 1. The summed E-state index contributed by atoms with van der Waals surface area (Å²) < 4.78 is 6.18. The van der Waals surface area contributed by atoms with E-state index in [2.05, 4.69) is 41.1 Å². The molecule has 36 heavy (non-hydrogen) atoms. The van der Waals surface area contributed by atoms with E-state index in [9.17, 15) is 5.11 Å². The van der Waals surface area contributed by atoms with Crippen molar-refractivity contribution in [3.05, 3.63) is 107 Å². The normalized spacial score (nSPS) is 23.9. The molecule has 3 heterocycles. The number of hydrogen-bond donors (Lipinski definition) is 3. The van der Waals surface area contributed by atoms with Crippen molar-refractivity contribution in [2.75, 3.05) is 26.2 Å². The fraction of sp³-hybridized carbons (Fsp3) is 0.419. The molecule has 3 aliphatic rings. The van der Waals surface area contributed by atoms with E-state index >= 15 is 0 Å². The summed E-state index contributed by atoms with van der Waals surface area (Å²) in [5.74, 6) is 0.896. The highest BCUT2D eigenvalue weighted by molar-refractivity contribution is 5.59. The van der Waals surface area contributed by atoms with E-state index in [1.807, 2.05) is 63.4 Å². The van der Waals surface area contributed by atoms with Crippen LogP contribution in [0.1, 0.15) is 45.6 Å². The maximum atomic E-state index is 11.2. The molecular weight excluding hydrogens is 446 g/mol. The molecule has 1 saturated heterocycles. The van der Waals surface area contributed by atoms with Crippen molar-refractivity contribution >= 4 is 0 Å². The monoisotopic (exact) mass is 487 g/mol. The Morgan fingerprint density at radius 2 is 2.00 bits per heavy atom. The molecule has 1 aromatic rings. The highest BCUT2D eigenvalue weighted by Crippen LogP contribution is 2.35.